The first-order valence-corrected chi connectivity index (χ1v) is 8.82. The Labute approximate surface area is 107 Å². The smallest absolute Gasteiger partial charge is 0.212 e. The standard InChI is InChI=1S/C11H20BrNO2S/c12-8-10-4-3-7-13(9-10)16(14,15)11-5-1-2-6-11/h10-11H,1-9H2. The lowest BCUT2D eigenvalue weighted by Gasteiger charge is -2.32. The van der Waals surface area contributed by atoms with Crippen LogP contribution in [-0.2, 0) is 10.0 Å². The number of piperidine rings is 1. The van der Waals surface area contributed by atoms with Crippen LogP contribution in [0.2, 0.25) is 0 Å². The average Bonchev–Trinajstić information content (AvgIpc) is 2.83. The molecule has 1 saturated heterocycles. The van der Waals surface area contributed by atoms with Gasteiger partial charge in [-0.2, -0.15) is 0 Å². The van der Waals surface area contributed by atoms with E-state index in [1.54, 1.807) is 4.31 Å². The van der Waals surface area contributed by atoms with E-state index in [0.717, 1.165) is 56.9 Å². The van der Waals surface area contributed by atoms with Crippen LogP contribution in [0, 0.1) is 5.92 Å². The van der Waals surface area contributed by atoms with E-state index in [1.807, 2.05) is 0 Å². The number of hydrogen-bond donors (Lipinski definition) is 0. The lowest BCUT2D eigenvalue weighted by Crippen LogP contribution is -2.44. The number of hydrogen-bond acceptors (Lipinski definition) is 2. The third kappa shape index (κ3) is 2.62. The Hall–Kier alpha value is 0.390. The molecule has 0 bridgehead atoms. The lowest BCUT2D eigenvalue weighted by molar-refractivity contribution is 0.282. The van der Waals surface area contributed by atoms with Gasteiger partial charge in [0, 0.05) is 18.4 Å². The minimum Gasteiger partial charge on any atom is -0.212 e. The normalized spacial score (nSPS) is 29.7. The zero-order valence-electron chi connectivity index (χ0n) is 9.57. The number of alkyl halides is 1. The minimum atomic E-state index is -2.99. The van der Waals surface area contributed by atoms with E-state index in [4.69, 9.17) is 0 Å². The molecule has 1 aliphatic carbocycles. The second-order valence-electron chi connectivity index (χ2n) is 4.97. The molecule has 16 heavy (non-hydrogen) atoms. The van der Waals surface area contributed by atoms with Gasteiger partial charge in [-0.3, -0.25) is 0 Å². The molecule has 1 unspecified atom stereocenters. The Morgan fingerprint density at radius 1 is 1.12 bits per heavy atom. The van der Waals surface area contributed by atoms with Crippen LogP contribution in [0.15, 0.2) is 0 Å². The number of nitrogens with zero attached hydrogens (tertiary/aromatic N) is 1. The van der Waals surface area contributed by atoms with Crippen LogP contribution in [0.3, 0.4) is 0 Å². The lowest BCUT2D eigenvalue weighted by atomic mass is 10.0. The van der Waals surface area contributed by atoms with E-state index in [0.29, 0.717) is 5.92 Å². The van der Waals surface area contributed by atoms with E-state index >= 15 is 0 Å². The molecule has 2 aliphatic rings. The zero-order chi connectivity index (χ0) is 11.6. The number of rotatable bonds is 3. The van der Waals surface area contributed by atoms with Gasteiger partial charge in [0.15, 0.2) is 0 Å². The van der Waals surface area contributed by atoms with Gasteiger partial charge < -0.3 is 0 Å². The van der Waals surface area contributed by atoms with E-state index in [9.17, 15) is 8.42 Å². The Morgan fingerprint density at radius 3 is 2.44 bits per heavy atom. The largest absolute Gasteiger partial charge is 0.216 e. The number of sulfonamides is 1. The van der Waals surface area contributed by atoms with Crippen LogP contribution in [0.4, 0.5) is 0 Å². The van der Waals surface area contributed by atoms with Crippen LogP contribution in [0.5, 0.6) is 0 Å². The highest BCUT2D eigenvalue weighted by Crippen LogP contribution is 2.30. The molecule has 3 nitrogen and oxygen atoms in total. The molecule has 1 aliphatic heterocycles. The van der Waals surface area contributed by atoms with Gasteiger partial charge in [0.1, 0.15) is 0 Å². The van der Waals surface area contributed by atoms with Gasteiger partial charge in [0.25, 0.3) is 0 Å². The van der Waals surface area contributed by atoms with Gasteiger partial charge in [-0.05, 0) is 31.6 Å². The SMILES string of the molecule is O=S(=O)(C1CCCC1)N1CCCC(CBr)C1. The first-order chi connectivity index (χ1) is 7.64. The topological polar surface area (TPSA) is 37.4 Å². The molecular weight excluding hydrogens is 290 g/mol. The quantitative estimate of drug-likeness (QED) is 0.751. The molecule has 0 amide bonds. The molecule has 5 heteroatoms. The molecule has 2 rings (SSSR count). The van der Waals surface area contributed by atoms with E-state index in [1.165, 1.54) is 0 Å². The maximum atomic E-state index is 12.4. The Bertz CT molecular complexity index is 325. The minimum absolute atomic E-state index is 0.0819. The molecule has 94 valence electrons. The zero-order valence-corrected chi connectivity index (χ0v) is 12.0. The van der Waals surface area contributed by atoms with Crippen molar-refractivity contribution in [2.24, 2.45) is 5.92 Å². The fourth-order valence-electron chi connectivity index (χ4n) is 2.78. The predicted molar refractivity (Wildman–Crippen MR) is 69.3 cm³/mol. The predicted octanol–water partition coefficient (Wildman–Crippen LogP) is 2.37. The van der Waals surface area contributed by atoms with Crippen molar-refractivity contribution in [3.63, 3.8) is 0 Å². The monoisotopic (exact) mass is 309 g/mol. The second-order valence-corrected chi connectivity index (χ2v) is 7.83. The highest BCUT2D eigenvalue weighted by Gasteiger charge is 2.36. The highest BCUT2D eigenvalue weighted by atomic mass is 79.9. The van der Waals surface area contributed by atoms with Crippen molar-refractivity contribution in [1.29, 1.82) is 0 Å². The van der Waals surface area contributed by atoms with Crippen LogP contribution in [0.25, 0.3) is 0 Å². The van der Waals surface area contributed by atoms with Gasteiger partial charge in [0.2, 0.25) is 10.0 Å². The fraction of sp³-hybridized carbons (Fsp3) is 1.00. The summed E-state index contributed by atoms with van der Waals surface area (Å²) in [6, 6.07) is 0. The van der Waals surface area contributed by atoms with Crippen molar-refractivity contribution in [3.05, 3.63) is 0 Å². The van der Waals surface area contributed by atoms with Crippen molar-refractivity contribution in [1.82, 2.24) is 4.31 Å². The first kappa shape index (κ1) is 12.8. The average molecular weight is 310 g/mol. The molecule has 0 aromatic heterocycles. The summed E-state index contributed by atoms with van der Waals surface area (Å²) < 4.78 is 26.5. The van der Waals surface area contributed by atoms with Gasteiger partial charge in [-0.15, -0.1) is 0 Å². The summed E-state index contributed by atoms with van der Waals surface area (Å²) in [7, 11) is -2.99. The highest BCUT2D eigenvalue weighted by molar-refractivity contribution is 9.09. The van der Waals surface area contributed by atoms with Gasteiger partial charge in [-0.1, -0.05) is 28.8 Å². The van der Waals surface area contributed by atoms with Crippen molar-refractivity contribution < 1.29 is 8.42 Å². The van der Waals surface area contributed by atoms with Crippen LogP contribution in [0.1, 0.15) is 38.5 Å². The Kier molecular flexibility index (Phi) is 4.30. The summed E-state index contributed by atoms with van der Waals surface area (Å²) in [6.07, 6.45) is 6.08. The molecule has 0 radical (unpaired) electrons. The van der Waals surface area contributed by atoms with Crippen molar-refractivity contribution in [2.45, 2.75) is 43.8 Å². The summed E-state index contributed by atoms with van der Waals surface area (Å²) in [5, 5.41) is 0.838. The molecule has 1 heterocycles. The summed E-state index contributed by atoms with van der Waals surface area (Å²) >= 11 is 3.47. The first-order valence-electron chi connectivity index (χ1n) is 6.19. The molecule has 1 atom stereocenters. The van der Waals surface area contributed by atoms with E-state index in [2.05, 4.69) is 15.9 Å². The van der Waals surface area contributed by atoms with Crippen LogP contribution < -0.4 is 0 Å². The second kappa shape index (κ2) is 5.36. The Morgan fingerprint density at radius 2 is 1.81 bits per heavy atom. The molecule has 0 N–H and O–H groups in total. The summed E-state index contributed by atoms with van der Waals surface area (Å²) in [5.74, 6) is 0.505. The van der Waals surface area contributed by atoms with Crippen LogP contribution >= 0.6 is 15.9 Å². The maximum Gasteiger partial charge on any atom is 0.216 e. The molecule has 1 saturated carbocycles. The molecule has 2 fully saturated rings. The summed E-state index contributed by atoms with van der Waals surface area (Å²) in [4.78, 5) is 0. The van der Waals surface area contributed by atoms with E-state index < -0.39 is 10.0 Å². The van der Waals surface area contributed by atoms with Gasteiger partial charge in [-0.25, -0.2) is 12.7 Å². The molecule has 0 aromatic rings. The molecule has 0 spiro atoms. The molecular formula is C11H20BrNO2S. The third-order valence-electron chi connectivity index (χ3n) is 3.78. The summed E-state index contributed by atoms with van der Waals surface area (Å²) in [6.45, 7) is 1.46. The van der Waals surface area contributed by atoms with Gasteiger partial charge in [0.05, 0.1) is 5.25 Å². The third-order valence-corrected chi connectivity index (χ3v) is 7.06. The maximum absolute atomic E-state index is 12.4. The van der Waals surface area contributed by atoms with Gasteiger partial charge >= 0.3 is 0 Å². The Balaban J connectivity index is 2.04. The van der Waals surface area contributed by atoms with Crippen molar-refractivity contribution >= 4 is 26.0 Å². The van der Waals surface area contributed by atoms with Crippen molar-refractivity contribution in [2.75, 3.05) is 18.4 Å². The van der Waals surface area contributed by atoms with E-state index in [-0.39, 0.29) is 5.25 Å². The van der Waals surface area contributed by atoms with Crippen LogP contribution in [-0.4, -0.2) is 36.4 Å². The fourth-order valence-corrected chi connectivity index (χ4v) is 5.46. The number of halogens is 1. The summed E-state index contributed by atoms with van der Waals surface area (Å²) in [5.41, 5.74) is 0. The molecule has 0 aromatic carbocycles. The van der Waals surface area contributed by atoms with Crippen molar-refractivity contribution in [3.8, 4) is 0 Å².